The minimum Gasteiger partial charge on any atom is -0.497 e. The summed E-state index contributed by atoms with van der Waals surface area (Å²) in [6, 6.07) is 14.9. The molecule has 0 saturated heterocycles. The first-order valence-electron chi connectivity index (χ1n) is 8.00. The average molecular weight is 336 g/mol. The second kappa shape index (κ2) is 7.21. The van der Waals surface area contributed by atoms with E-state index in [0.29, 0.717) is 17.2 Å². The molecule has 1 atom stereocenters. The molecule has 0 bridgehead atoms. The van der Waals surface area contributed by atoms with E-state index in [-0.39, 0.29) is 11.9 Å². The smallest absolute Gasteiger partial charge is 0.270 e. The van der Waals surface area contributed by atoms with Gasteiger partial charge in [0.25, 0.3) is 5.91 Å². The van der Waals surface area contributed by atoms with E-state index in [9.17, 15) is 4.79 Å². The van der Waals surface area contributed by atoms with Gasteiger partial charge in [0.2, 0.25) is 0 Å². The summed E-state index contributed by atoms with van der Waals surface area (Å²) in [6.45, 7) is 1.91. The molecule has 0 radical (unpaired) electrons. The van der Waals surface area contributed by atoms with Crippen molar-refractivity contribution in [2.75, 3.05) is 14.2 Å². The molecule has 3 rings (SSSR count). The van der Waals surface area contributed by atoms with Gasteiger partial charge in [0, 0.05) is 23.2 Å². The molecule has 0 spiro atoms. The van der Waals surface area contributed by atoms with Gasteiger partial charge >= 0.3 is 0 Å². The lowest BCUT2D eigenvalue weighted by Gasteiger charge is -2.18. The van der Waals surface area contributed by atoms with Crippen molar-refractivity contribution < 1.29 is 14.3 Å². The number of nitrogens with zero attached hydrogens (tertiary/aromatic N) is 1. The van der Waals surface area contributed by atoms with E-state index in [2.05, 4.69) is 10.3 Å². The third kappa shape index (κ3) is 3.40. The van der Waals surface area contributed by atoms with Gasteiger partial charge < -0.3 is 14.8 Å². The maximum absolute atomic E-state index is 12.7. The standard InChI is InChI=1S/C20H20N2O3/c1-13(16-9-8-15(24-2)12-18(16)25-3)22-20(23)19-17-7-5-4-6-14(17)10-11-21-19/h4-13H,1-3H3,(H,22,23)/t13-/m1/s1. The van der Waals surface area contributed by atoms with Crippen molar-refractivity contribution in [1.82, 2.24) is 10.3 Å². The summed E-state index contributed by atoms with van der Waals surface area (Å²) in [4.78, 5) is 17.0. The first kappa shape index (κ1) is 16.8. The summed E-state index contributed by atoms with van der Waals surface area (Å²) < 4.78 is 10.6. The summed E-state index contributed by atoms with van der Waals surface area (Å²) in [6.07, 6.45) is 1.65. The first-order valence-corrected chi connectivity index (χ1v) is 8.00. The highest BCUT2D eigenvalue weighted by atomic mass is 16.5. The van der Waals surface area contributed by atoms with Gasteiger partial charge in [-0.15, -0.1) is 0 Å². The summed E-state index contributed by atoms with van der Waals surface area (Å²) in [5.41, 5.74) is 1.29. The number of methoxy groups -OCH3 is 2. The van der Waals surface area contributed by atoms with E-state index in [1.165, 1.54) is 0 Å². The fourth-order valence-corrected chi connectivity index (χ4v) is 2.82. The minimum absolute atomic E-state index is 0.220. The molecule has 0 unspecified atom stereocenters. The fourth-order valence-electron chi connectivity index (χ4n) is 2.82. The van der Waals surface area contributed by atoms with Crippen LogP contribution in [0, 0.1) is 0 Å². The largest absolute Gasteiger partial charge is 0.497 e. The Morgan fingerprint density at radius 1 is 1.08 bits per heavy atom. The number of benzene rings is 2. The number of pyridine rings is 1. The van der Waals surface area contributed by atoms with Crippen LogP contribution in [0.1, 0.15) is 29.0 Å². The zero-order valence-electron chi connectivity index (χ0n) is 14.4. The Morgan fingerprint density at radius 3 is 2.64 bits per heavy atom. The van der Waals surface area contributed by atoms with Crippen molar-refractivity contribution in [3.63, 3.8) is 0 Å². The zero-order chi connectivity index (χ0) is 17.8. The molecule has 1 heterocycles. The van der Waals surface area contributed by atoms with E-state index < -0.39 is 0 Å². The Bertz CT molecular complexity index is 903. The summed E-state index contributed by atoms with van der Waals surface area (Å²) in [5, 5.41) is 4.81. The molecule has 1 N–H and O–H groups in total. The van der Waals surface area contributed by atoms with Gasteiger partial charge in [-0.2, -0.15) is 0 Å². The van der Waals surface area contributed by atoms with E-state index in [1.807, 2.05) is 49.4 Å². The minimum atomic E-state index is -0.242. The highest BCUT2D eigenvalue weighted by Gasteiger charge is 2.18. The van der Waals surface area contributed by atoms with Gasteiger partial charge in [-0.3, -0.25) is 9.78 Å². The quantitative estimate of drug-likeness (QED) is 0.771. The maximum atomic E-state index is 12.7. The molecule has 0 aliphatic heterocycles. The predicted molar refractivity (Wildman–Crippen MR) is 97.2 cm³/mol. The van der Waals surface area contributed by atoms with Crippen LogP contribution in [0.15, 0.2) is 54.7 Å². The lowest BCUT2D eigenvalue weighted by atomic mass is 10.1. The molecule has 25 heavy (non-hydrogen) atoms. The molecule has 128 valence electrons. The lowest BCUT2D eigenvalue weighted by molar-refractivity contribution is 0.0936. The van der Waals surface area contributed by atoms with Gasteiger partial charge in [0.05, 0.1) is 20.3 Å². The van der Waals surface area contributed by atoms with Crippen LogP contribution in [0.3, 0.4) is 0 Å². The average Bonchev–Trinajstić information content (AvgIpc) is 2.66. The number of carbonyl (C=O) groups excluding carboxylic acids is 1. The van der Waals surface area contributed by atoms with E-state index in [1.54, 1.807) is 26.5 Å². The number of hydrogen-bond acceptors (Lipinski definition) is 4. The van der Waals surface area contributed by atoms with Crippen LogP contribution in [0.2, 0.25) is 0 Å². The van der Waals surface area contributed by atoms with Crippen molar-refractivity contribution in [2.24, 2.45) is 0 Å². The SMILES string of the molecule is COc1ccc([C@@H](C)NC(=O)c2nccc3ccccc23)c(OC)c1. The molecule has 0 fully saturated rings. The first-order chi connectivity index (χ1) is 12.1. The van der Waals surface area contributed by atoms with Crippen LogP contribution in [-0.2, 0) is 0 Å². The molecular weight excluding hydrogens is 316 g/mol. The Kier molecular flexibility index (Phi) is 4.84. The van der Waals surface area contributed by atoms with Crippen molar-refractivity contribution in [2.45, 2.75) is 13.0 Å². The van der Waals surface area contributed by atoms with Crippen LogP contribution >= 0.6 is 0 Å². The molecule has 3 aromatic rings. The molecule has 2 aromatic carbocycles. The second-order valence-corrected chi connectivity index (χ2v) is 5.68. The maximum Gasteiger partial charge on any atom is 0.270 e. The summed E-state index contributed by atoms with van der Waals surface area (Å²) in [5.74, 6) is 1.15. The molecule has 1 amide bonds. The Morgan fingerprint density at radius 2 is 1.88 bits per heavy atom. The topological polar surface area (TPSA) is 60.5 Å². The third-order valence-electron chi connectivity index (χ3n) is 4.14. The summed E-state index contributed by atoms with van der Waals surface area (Å²) in [7, 11) is 3.20. The molecule has 1 aromatic heterocycles. The molecule has 0 aliphatic carbocycles. The number of hydrogen-bond donors (Lipinski definition) is 1. The fraction of sp³-hybridized carbons (Fsp3) is 0.200. The highest BCUT2D eigenvalue weighted by Crippen LogP contribution is 2.29. The van der Waals surface area contributed by atoms with Gasteiger partial charge in [0.1, 0.15) is 17.2 Å². The van der Waals surface area contributed by atoms with Gasteiger partial charge in [-0.25, -0.2) is 0 Å². The van der Waals surface area contributed by atoms with E-state index in [0.717, 1.165) is 16.3 Å². The molecule has 0 saturated carbocycles. The van der Waals surface area contributed by atoms with Gasteiger partial charge in [-0.05, 0) is 30.5 Å². The summed E-state index contributed by atoms with van der Waals surface area (Å²) >= 11 is 0. The van der Waals surface area contributed by atoms with Crippen molar-refractivity contribution >= 4 is 16.7 Å². The number of nitrogens with one attached hydrogen (secondary N) is 1. The number of rotatable bonds is 5. The van der Waals surface area contributed by atoms with Crippen molar-refractivity contribution in [3.8, 4) is 11.5 Å². The molecular formula is C20H20N2O3. The number of carbonyl (C=O) groups is 1. The molecule has 5 heteroatoms. The van der Waals surface area contributed by atoms with E-state index >= 15 is 0 Å². The zero-order valence-corrected chi connectivity index (χ0v) is 14.4. The number of amides is 1. The van der Waals surface area contributed by atoms with Gasteiger partial charge in [0.15, 0.2) is 0 Å². The van der Waals surface area contributed by atoms with Crippen LogP contribution in [-0.4, -0.2) is 25.1 Å². The molecule has 0 aliphatic rings. The molecule has 5 nitrogen and oxygen atoms in total. The van der Waals surface area contributed by atoms with Crippen molar-refractivity contribution in [3.05, 3.63) is 66.0 Å². The van der Waals surface area contributed by atoms with Crippen LogP contribution in [0.5, 0.6) is 11.5 Å². The number of ether oxygens (including phenoxy) is 2. The number of fused-ring (bicyclic) bond motifs is 1. The van der Waals surface area contributed by atoms with Gasteiger partial charge in [-0.1, -0.05) is 24.3 Å². The lowest BCUT2D eigenvalue weighted by Crippen LogP contribution is -2.27. The van der Waals surface area contributed by atoms with Crippen molar-refractivity contribution in [1.29, 1.82) is 0 Å². The predicted octanol–water partition coefficient (Wildman–Crippen LogP) is 3.74. The highest BCUT2D eigenvalue weighted by molar-refractivity contribution is 6.05. The van der Waals surface area contributed by atoms with Crippen LogP contribution in [0.4, 0.5) is 0 Å². The van der Waals surface area contributed by atoms with E-state index in [4.69, 9.17) is 9.47 Å². The van der Waals surface area contributed by atoms with Crippen LogP contribution in [0.25, 0.3) is 10.8 Å². The Labute approximate surface area is 146 Å². The second-order valence-electron chi connectivity index (χ2n) is 5.68. The van der Waals surface area contributed by atoms with Crippen LogP contribution < -0.4 is 14.8 Å². The third-order valence-corrected chi connectivity index (χ3v) is 4.14. The Hall–Kier alpha value is -3.08. The number of aromatic nitrogens is 1. The normalized spacial score (nSPS) is 11.8. The monoisotopic (exact) mass is 336 g/mol. The Balaban J connectivity index is 1.87.